The molecule has 0 aromatic carbocycles. The van der Waals surface area contributed by atoms with Gasteiger partial charge in [-0.1, -0.05) is 64.7 Å². The van der Waals surface area contributed by atoms with Crippen molar-refractivity contribution in [1.82, 2.24) is 0 Å². The zero-order chi connectivity index (χ0) is 18.8. The van der Waals surface area contributed by atoms with Crippen molar-refractivity contribution in [3.8, 4) is 0 Å². The Kier molecular flexibility index (Phi) is 16.9. The fraction of sp³-hybridized carbons (Fsp3) is 0.900. The quantitative estimate of drug-likeness (QED) is 0.270. The number of hydrogen-bond acceptors (Lipinski definition) is 4. The van der Waals surface area contributed by atoms with Crippen LogP contribution in [0.2, 0.25) is 0 Å². The number of aliphatic hydroxyl groups is 1. The van der Waals surface area contributed by atoms with Crippen LogP contribution >= 0.6 is 0 Å². The molecule has 5 nitrogen and oxygen atoms in total. The average Bonchev–Trinajstić information content (AvgIpc) is 2.56. The summed E-state index contributed by atoms with van der Waals surface area (Å²) in [5.74, 6) is -1.17. The van der Waals surface area contributed by atoms with Gasteiger partial charge in [-0.15, -0.1) is 0 Å². The lowest BCUT2D eigenvalue weighted by Crippen LogP contribution is -2.21. The van der Waals surface area contributed by atoms with Gasteiger partial charge in [0.2, 0.25) is 0 Å². The second kappa shape index (κ2) is 17.7. The second-order valence-electron chi connectivity index (χ2n) is 6.86. The molecule has 0 aliphatic rings. The molecule has 0 heterocycles. The molecular formula is C20H38O5. The minimum Gasteiger partial charge on any atom is -0.481 e. The number of unbranched alkanes of at least 4 members (excludes halogenated alkanes) is 10. The van der Waals surface area contributed by atoms with Crippen LogP contribution in [0.4, 0.5) is 0 Å². The van der Waals surface area contributed by atoms with Crippen molar-refractivity contribution in [2.75, 3.05) is 6.61 Å². The number of carbonyl (C=O) groups is 2. The first-order valence-corrected chi connectivity index (χ1v) is 10.1. The molecule has 0 saturated carbocycles. The highest BCUT2D eigenvalue weighted by Gasteiger charge is 2.17. The van der Waals surface area contributed by atoms with E-state index in [-0.39, 0.29) is 19.0 Å². The minimum absolute atomic E-state index is 0.0929. The molecule has 0 radical (unpaired) electrons. The third kappa shape index (κ3) is 17.5. The Hall–Kier alpha value is -1.10. The highest BCUT2D eigenvalue weighted by Crippen LogP contribution is 2.14. The summed E-state index contributed by atoms with van der Waals surface area (Å²) in [5, 5.41) is 17.7. The molecule has 0 spiro atoms. The van der Waals surface area contributed by atoms with E-state index in [4.69, 9.17) is 14.9 Å². The van der Waals surface area contributed by atoms with Crippen LogP contribution in [0.5, 0.6) is 0 Å². The summed E-state index contributed by atoms with van der Waals surface area (Å²) in [6, 6.07) is 0. The molecule has 148 valence electrons. The van der Waals surface area contributed by atoms with Gasteiger partial charge in [-0.05, 0) is 25.7 Å². The van der Waals surface area contributed by atoms with E-state index in [2.05, 4.69) is 6.92 Å². The Bertz CT molecular complexity index is 330. The number of carbonyl (C=O) groups excluding carboxylic acids is 1. The molecule has 0 aliphatic carbocycles. The van der Waals surface area contributed by atoms with E-state index in [1.54, 1.807) is 0 Å². The van der Waals surface area contributed by atoms with Crippen LogP contribution in [-0.4, -0.2) is 34.9 Å². The molecule has 0 bridgehead atoms. The monoisotopic (exact) mass is 358 g/mol. The van der Waals surface area contributed by atoms with E-state index in [1.807, 2.05) is 0 Å². The number of esters is 1. The van der Waals surface area contributed by atoms with Crippen molar-refractivity contribution in [3.63, 3.8) is 0 Å². The summed E-state index contributed by atoms with van der Waals surface area (Å²) in [4.78, 5) is 22.8. The van der Waals surface area contributed by atoms with Crippen molar-refractivity contribution < 1.29 is 24.5 Å². The van der Waals surface area contributed by atoms with E-state index in [9.17, 15) is 9.59 Å². The van der Waals surface area contributed by atoms with Gasteiger partial charge in [0, 0.05) is 13.0 Å². The minimum atomic E-state index is -0.908. The molecule has 1 unspecified atom stereocenters. The van der Waals surface area contributed by atoms with E-state index < -0.39 is 12.1 Å². The second-order valence-corrected chi connectivity index (χ2v) is 6.86. The maximum atomic E-state index is 11.9. The number of ether oxygens (including phenoxy) is 1. The predicted octanol–water partition coefficient (Wildman–Crippen LogP) is 4.85. The van der Waals surface area contributed by atoms with E-state index in [0.717, 1.165) is 64.2 Å². The predicted molar refractivity (Wildman–Crippen MR) is 99.5 cm³/mol. The largest absolute Gasteiger partial charge is 0.481 e. The number of aliphatic carboxylic acids is 1. The molecule has 0 amide bonds. The normalized spacial score (nSPS) is 12.1. The summed E-state index contributed by atoms with van der Waals surface area (Å²) in [6.07, 6.45) is 13.0. The van der Waals surface area contributed by atoms with Gasteiger partial charge in [0.15, 0.2) is 0 Å². The molecular weight excluding hydrogens is 320 g/mol. The Labute approximate surface area is 153 Å². The van der Waals surface area contributed by atoms with E-state index in [1.165, 1.54) is 12.8 Å². The van der Waals surface area contributed by atoms with Crippen LogP contribution in [0, 0.1) is 0 Å². The molecule has 2 N–H and O–H groups in total. The first-order valence-electron chi connectivity index (χ1n) is 10.1. The molecule has 0 fully saturated rings. The molecule has 0 rings (SSSR count). The van der Waals surface area contributed by atoms with Gasteiger partial charge in [-0.25, -0.2) is 0 Å². The lowest BCUT2D eigenvalue weighted by atomic mass is 10.1. The molecule has 0 aromatic rings. The fourth-order valence-corrected chi connectivity index (χ4v) is 2.88. The maximum absolute atomic E-state index is 11.9. The lowest BCUT2D eigenvalue weighted by Gasteiger charge is -2.16. The smallest absolute Gasteiger partial charge is 0.307 e. The number of hydrogen-bond donors (Lipinski definition) is 2. The van der Waals surface area contributed by atoms with Gasteiger partial charge in [-0.3, -0.25) is 9.59 Å². The van der Waals surface area contributed by atoms with Crippen molar-refractivity contribution in [1.29, 1.82) is 0 Å². The van der Waals surface area contributed by atoms with Gasteiger partial charge < -0.3 is 14.9 Å². The molecule has 25 heavy (non-hydrogen) atoms. The first kappa shape index (κ1) is 23.9. The van der Waals surface area contributed by atoms with E-state index in [0.29, 0.717) is 12.8 Å². The SMILES string of the molecule is CCCCCCCC(CC(=O)O)OC(=O)CCCCCCCCCO. The third-order valence-corrected chi connectivity index (χ3v) is 4.37. The number of carboxylic acid groups (broad SMARTS) is 1. The van der Waals surface area contributed by atoms with Gasteiger partial charge in [-0.2, -0.15) is 0 Å². The van der Waals surface area contributed by atoms with Crippen molar-refractivity contribution in [3.05, 3.63) is 0 Å². The Balaban J connectivity index is 3.79. The zero-order valence-corrected chi connectivity index (χ0v) is 16.0. The molecule has 0 aromatic heterocycles. The Morgan fingerprint density at radius 1 is 0.840 bits per heavy atom. The summed E-state index contributed by atoms with van der Waals surface area (Å²) in [7, 11) is 0. The highest BCUT2D eigenvalue weighted by molar-refractivity contribution is 5.71. The standard InChI is InChI=1S/C20H38O5/c1-2-3-4-8-11-14-18(17-19(22)23)25-20(24)15-12-9-6-5-7-10-13-16-21/h18,21H,2-17H2,1H3,(H,22,23). The van der Waals surface area contributed by atoms with Crippen LogP contribution < -0.4 is 0 Å². The van der Waals surface area contributed by atoms with Gasteiger partial charge >= 0.3 is 11.9 Å². The average molecular weight is 359 g/mol. The van der Waals surface area contributed by atoms with Gasteiger partial charge in [0.1, 0.15) is 6.10 Å². The van der Waals surface area contributed by atoms with Crippen LogP contribution in [0.1, 0.15) is 103 Å². The Morgan fingerprint density at radius 3 is 2.00 bits per heavy atom. The number of rotatable bonds is 18. The highest BCUT2D eigenvalue weighted by atomic mass is 16.5. The number of carboxylic acids is 1. The van der Waals surface area contributed by atoms with Gasteiger partial charge in [0.25, 0.3) is 0 Å². The maximum Gasteiger partial charge on any atom is 0.307 e. The van der Waals surface area contributed by atoms with Crippen molar-refractivity contribution >= 4 is 11.9 Å². The summed E-state index contributed by atoms with van der Waals surface area (Å²) in [6.45, 7) is 2.42. The van der Waals surface area contributed by atoms with Crippen LogP contribution in [0.15, 0.2) is 0 Å². The van der Waals surface area contributed by atoms with Crippen molar-refractivity contribution in [2.24, 2.45) is 0 Å². The molecule has 0 saturated heterocycles. The zero-order valence-electron chi connectivity index (χ0n) is 16.0. The molecule has 5 heteroatoms. The summed E-state index contributed by atoms with van der Waals surface area (Å²) < 4.78 is 5.38. The third-order valence-electron chi connectivity index (χ3n) is 4.37. The fourth-order valence-electron chi connectivity index (χ4n) is 2.88. The molecule has 0 aliphatic heterocycles. The first-order chi connectivity index (χ1) is 12.1. The van der Waals surface area contributed by atoms with Crippen LogP contribution in [-0.2, 0) is 14.3 Å². The van der Waals surface area contributed by atoms with E-state index >= 15 is 0 Å². The summed E-state index contributed by atoms with van der Waals surface area (Å²) >= 11 is 0. The van der Waals surface area contributed by atoms with Crippen LogP contribution in [0.25, 0.3) is 0 Å². The summed E-state index contributed by atoms with van der Waals surface area (Å²) in [5.41, 5.74) is 0. The van der Waals surface area contributed by atoms with Gasteiger partial charge in [0.05, 0.1) is 6.42 Å². The van der Waals surface area contributed by atoms with Crippen molar-refractivity contribution in [2.45, 2.75) is 109 Å². The van der Waals surface area contributed by atoms with Crippen LogP contribution in [0.3, 0.4) is 0 Å². The Morgan fingerprint density at radius 2 is 1.40 bits per heavy atom. The molecule has 1 atom stereocenters. The number of aliphatic hydroxyl groups excluding tert-OH is 1. The topological polar surface area (TPSA) is 83.8 Å². The lowest BCUT2D eigenvalue weighted by molar-refractivity contribution is -0.153.